The fraction of sp³-hybridized carbons (Fsp3) is 0.286. The Labute approximate surface area is 217 Å². The third-order valence-corrected chi connectivity index (χ3v) is 7.07. The van der Waals surface area contributed by atoms with Gasteiger partial charge >= 0.3 is 0 Å². The van der Waals surface area contributed by atoms with Crippen LogP contribution in [-0.2, 0) is 0 Å². The molecular formula is C28H30Cl2N2OS. The van der Waals surface area contributed by atoms with Gasteiger partial charge < -0.3 is 4.90 Å². The lowest BCUT2D eigenvalue weighted by Gasteiger charge is -2.17. The van der Waals surface area contributed by atoms with Crippen LogP contribution in [0.5, 0.6) is 0 Å². The monoisotopic (exact) mass is 512 g/mol. The van der Waals surface area contributed by atoms with E-state index in [0.29, 0.717) is 15.6 Å². The topological polar surface area (TPSA) is 32.7 Å². The Kier molecular flexibility index (Phi) is 9.63. The Balaban J connectivity index is 0.00000103. The third-order valence-electron chi connectivity index (χ3n) is 5.19. The Bertz CT molecular complexity index is 1190. The van der Waals surface area contributed by atoms with Gasteiger partial charge in [-0.15, -0.1) is 0 Å². The summed E-state index contributed by atoms with van der Waals surface area (Å²) < 4.78 is 0. The van der Waals surface area contributed by atoms with Crippen molar-refractivity contribution in [3.63, 3.8) is 0 Å². The summed E-state index contributed by atoms with van der Waals surface area (Å²) in [5.41, 5.74) is 4.13. The summed E-state index contributed by atoms with van der Waals surface area (Å²) in [7, 11) is 1.85. The van der Waals surface area contributed by atoms with Crippen molar-refractivity contribution in [1.82, 2.24) is 4.90 Å². The minimum atomic E-state index is 0.00861. The number of hydrogen-bond acceptors (Lipinski definition) is 3. The number of nitrogens with zero attached hydrogens (tertiary/aromatic N) is 2. The average Bonchev–Trinajstić information content (AvgIpc) is 3.00. The Morgan fingerprint density at radius 3 is 2.38 bits per heavy atom. The Hall–Kier alpha value is -2.27. The SMILES string of the molecule is CCC.CCCCN(C)C(=O)c1ccc2c(c1)N=C(c1ccc(Cl)c(Cl)c1)c1ccccc1S2. The van der Waals surface area contributed by atoms with Gasteiger partial charge in [0.15, 0.2) is 0 Å². The van der Waals surface area contributed by atoms with Crippen LogP contribution in [0.3, 0.4) is 0 Å². The molecule has 1 heterocycles. The maximum absolute atomic E-state index is 12.9. The van der Waals surface area contributed by atoms with E-state index in [1.807, 2.05) is 49.5 Å². The summed E-state index contributed by atoms with van der Waals surface area (Å²) in [4.78, 5) is 21.8. The first-order valence-electron chi connectivity index (χ1n) is 11.6. The first-order valence-corrected chi connectivity index (χ1v) is 13.2. The lowest BCUT2D eigenvalue weighted by Crippen LogP contribution is -2.27. The van der Waals surface area contributed by atoms with Crippen LogP contribution in [0.25, 0.3) is 0 Å². The number of benzene rings is 3. The van der Waals surface area contributed by atoms with E-state index in [4.69, 9.17) is 28.2 Å². The summed E-state index contributed by atoms with van der Waals surface area (Å²) in [6.07, 6.45) is 3.28. The third kappa shape index (κ3) is 6.24. The molecule has 0 saturated heterocycles. The zero-order chi connectivity index (χ0) is 24.7. The molecule has 0 bridgehead atoms. The number of carbonyl (C=O) groups excluding carboxylic acids is 1. The van der Waals surface area contributed by atoms with Gasteiger partial charge in [-0.25, -0.2) is 4.99 Å². The molecule has 3 aromatic rings. The normalized spacial score (nSPS) is 11.9. The van der Waals surface area contributed by atoms with E-state index in [9.17, 15) is 4.79 Å². The predicted octanol–water partition coefficient (Wildman–Crippen LogP) is 8.92. The van der Waals surface area contributed by atoms with Gasteiger partial charge in [-0.3, -0.25) is 4.79 Å². The van der Waals surface area contributed by atoms with E-state index in [1.54, 1.807) is 22.7 Å². The van der Waals surface area contributed by atoms with E-state index in [0.717, 1.165) is 51.7 Å². The number of hydrogen-bond donors (Lipinski definition) is 0. The molecule has 34 heavy (non-hydrogen) atoms. The summed E-state index contributed by atoms with van der Waals surface area (Å²) in [5.74, 6) is 0.00861. The second kappa shape index (κ2) is 12.4. The molecule has 1 aliphatic heterocycles. The molecule has 4 rings (SSSR count). The van der Waals surface area contributed by atoms with Gasteiger partial charge in [0, 0.05) is 40.1 Å². The molecule has 3 nitrogen and oxygen atoms in total. The van der Waals surface area contributed by atoms with Gasteiger partial charge in [0.1, 0.15) is 0 Å². The molecule has 0 unspecified atom stereocenters. The smallest absolute Gasteiger partial charge is 0.253 e. The highest BCUT2D eigenvalue weighted by Crippen LogP contribution is 2.42. The number of amides is 1. The van der Waals surface area contributed by atoms with E-state index < -0.39 is 0 Å². The molecule has 3 aromatic carbocycles. The quantitative estimate of drug-likeness (QED) is 0.267. The largest absolute Gasteiger partial charge is 0.342 e. The lowest BCUT2D eigenvalue weighted by molar-refractivity contribution is 0.0793. The average molecular weight is 514 g/mol. The molecule has 1 amide bonds. The van der Waals surface area contributed by atoms with Crippen LogP contribution in [0.4, 0.5) is 5.69 Å². The van der Waals surface area contributed by atoms with Crippen LogP contribution in [-0.4, -0.2) is 30.1 Å². The number of halogens is 2. The number of unbranched alkanes of at least 4 members (excludes halogenated alkanes) is 1. The highest BCUT2D eigenvalue weighted by molar-refractivity contribution is 7.99. The van der Waals surface area contributed by atoms with E-state index in [1.165, 1.54) is 6.42 Å². The molecule has 6 heteroatoms. The maximum atomic E-state index is 12.9. The van der Waals surface area contributed by atoms with E-state index in [2.05, 4.69) is 32.9 Å². The lowest BCUT2D eigenvalue weighted by atomic mass is 10.0. The highest BCUT2D eigenvalue weighted by atomic mass is 35.5. The van der Waals surface area contributed by atoms with Crippen molar-refractivity contribution in [3.05, 3.63) is 87.4 Å². The van der Waals surface area contributed by atoms with Crippen LogP contribution < -0.4 is 0 Å². The van der Waals surface area contributed by atoms with Gasteiger partial charge in [-0.2, -0.15) is 0 Å². The van der Waals surface area contributed by atoms with Crippen LogP contribution in [0.1, 0.15) is 61.5 Å². The van der Waals surface area contributed by atoms with Crippen LogP contribution >= 0.6 is 35.0 Å². The Morgan fingerprint density at radius 2 is 1.68 bits per heavy atom. The highest BCUT2D eigenvalue weighted by Gasteiger charge is 2.21. The molecule has 0 aliphatic carbocycles. The molecule has 178 valence electrons. The molecule has 0 spiro atoms. The fourth-order valence-corrected chi connectivity index (χ4v) is 4.76. The minimum absolute atomic E-state index is 0.00861. The van der Waals surface area contributed by atoms with Crippen molar-refractivity contribution < 1.29 is 4.79 Å². The zero-order valence-corrected chi connectivity index (χ0v) is 22.4. The number of carbonyl (C=O) groups is 1. The second-order valence-electron chi connectivity index (χ2n) is 8.16. The van der Waals surface area contributed by atoms with Gasteiger partial charge in [0.2, 0.25) is 0 Å². The molecular weight excluding hydrogens is 483 g/mol. The second-order valence-corrected chi connectivity index (χ2v) is 10.1. The first-order chi connectivity index (χ1) is 16.4. The van der Waals surface area contributed by atoms with Gasteiger partial charge in [-0.1, -0.05) is 92.8 Å². The summed E-state index contributed by atoms with van der Waals surface area (Å²) in [5, 5.41) is 0.989. The van der Waals surface area contributed by atoms with Crippen molar-refractivity contribution in [2.45, 2.75) is 49.8 Å². The number of aliphatic imine (C=N–C) groups is 1. The van der Waals surface area contributed by atoms with Gasteiger partial charge in [0.25, 0.3) is 5.91 Å². The molecule has 0 atom stereocenters. The van der Waals surface area contributed by atoms with Crippen LogP contribution in [0.15, 0.2) is 75.4 Å². The summed E-state index contributed by atoms with van der Waals surface area (Å²) in [6.45, 7) is 7.11. The zero-order valence-electron chi connectivity index (χ0n) is 20.1. The summed E-state index contributed by atoms with van der Waals surface area (Å²) in [6, 6.07) is 19.5. The maximum Gasteiger partial charge on any atom is 0.253 e. The van der Waals surface area contributed by atoms with Crippen molar-refractivity contribution in [3.8, 4) is 0 Å². The van der Waals surface area contributed by atoms with Crippen molar-refractivity contribution in [2.75, 3.05) is 13.6 Å². The number of fused-ring (bicyclic) bond motifs is 2. The molecule has 1 aliphatic rings. The fourth-order valence-electron chi connectivity index (χ4n) is 3.46. The molecule has 0 radical (unpaired) electrons. The van der Waals surface area contributed by atoms with Gasteiger partial charge in [-0.05, 0) is 42.8 Å². The van der Waals surface area contributed by atoms with Gasteiger partial charge in [0.05, 0.1) is 21.4 Å². The predicted molar refractivity (Wildman–Crippen MR) is 147 cm³/mol. The molecule has 0 saturated carbocycles. The number of rotatable bonds is 5. The molecule has 0 fully saturated rings. The van der Waals surface area contributed by atoms with E-state index in [-0.39, 0.29) is 5.91 Å². The first kappa shape index (κ1) is 26.3. The molecule has 0 aromatic heterocycles. The van der Waals surface area contributed by atoms with Crippen molar-refractivity contribution in [2.24, 2.45) is 4.99 Å². The minimum Gasteiger partial charge on any atom is -0.342 e. The van der Waals surface area contributed by atoms with Crippen LogP contribution in [0, 0.1) is 0 Å². The van der Waals surface area contributed by atoms with Crippen LogP contribution in [0.2, 0.25) is 10.0 Å². The Morgan fingerprint density at radius 1 is 0.941 bits per heavy atom. The van der Waals surface area contributed by atoms with E-state index >= 15 is 0 Å². The van der Waals surface area contributed by atoms with Crippen molar-refractivity contribution >= 4 is 52.3 Å². The summed E-state index contributed by atoms with van der Waals surface area (Å²) >= 11 is 14.1. The standard InChI is InChI=1S/C25H22Cl2N2OS.C3H8/c1-3-4-13-29(2)25(30)17-10-12-23-21(15-17)28-24(16-9-11-19(26)20(27)14-16)18-7-5-6-8-22(18)31-23;1-3-2/h5-12,14-15H,3-4,13H2,1-2H3;3H2,1-2H3. The molecule has 0 N–H and O–H groups in total. The van der Waals surface area contributed by atoms with Crippen molar-refractivity contribution in [1.29, 1.82) is 0 Å².